The van der Waals surface area contributed by atoms with Crippen molar-refractivity contribution >= 4 is 21.6 Å². The smallest absolute Gasteiger partial charge is 0.270 e. The lowest BCUT2D eigenvalue weighted by Crippen LogP contribution is -2.44. The van der Waals surface area contributed by atoms with Crippen LogP contribution in [0.1, 0.15) is 18.4 Å². The maximum absolute atomic E-state index is 10.7. The molecule has 0 N–H and O–H groups in total. The van der Waals surface area contributed by atoms with Crippen LogP contribution < -0.4 is 0 Å². The van der Waals surface area contributed by atoms with E-state index in [2.05, 4.69) is 20.8 Å². The summed E-state index contributed by atoms with van der Waals surface area (Å²) < 4.78 is 12.2. The molecular formula is C14H17BrN2O4. The molecule has 0 aliphatic carbocycles. The summed E-state index contributed by atoms with van der Waals surface area (Å²) in [6.45, 7) is 3.96. The maximum atomic E-state index is 10.7. The normalized spacial score (nSPS) is 21.8. The van der Waals surface area contributed by atoms with Crippen LogP contribution in [0.2, 0.25) is 0 Å². The number of nitrogens with zero attached hydrogens (tertiary/aromatic N) is 2. The first-order chi connectivity index (χ1) is 10.1. The Morgan fingerprint density at radius 1 is 1.29 bits per heavy atom. The van der Waals surface area contributed by atoms with Gasteiger partial charge in [0.1, 0.15) is 0 Å². The summed E-state index contributed by atoms with van der Waals surface area (Å²) in [4.78, 5) is 12.7. The van der Waals surface area contributed by atoms with Crippen molar-refractivity contribution in [3.63, 3.8) is 0 Å². The molecule has 0 amide bonds. The highest BCUT2D eigenvalue weighted by Crippen LogP contribution is 2.32. The predicted molar refractivity (Wildman–Crippen MR) is 79.9 cm³/mol. The van der Waals surface area contributed by atoms with Crippen molar-refractivity contribution in [2.45, 2.75) is 25.2 Å². The zero-order valence-corrected chi connectivity index (χ0v) is 13.2. The standard InChI is InChI=1S/C14H17BrN2O4/c15-13-9-12(17(18)19)2-1-11(13)10-16-5-3-14(4-6-16)20-7-8-21-14/h1-2,9H,3-8,10H2. The fourth-order valence-electron chi connectivity index (χ4n) is 2.86. The second-order valence-corrected chi connectivity index (χ2v) is 6.27. The number of rotatable bonds is 3. The molecule has 0 aromatic heterocycles. The number of nitro groups is 1. The van der Waals surface area contributed by atoms with Crippen molar-refractivity contribution in [2.75, 3.05) is 26.3 Å². The van der Waals surface area contributed by atoms with Crippen LogP contribution >= 0.6 is 15.9 Å². The van der Waals surface area contributed by atoms with Gasteiger partial charge in [0.05, 0.1) is 18.1 Å². The number of ether oxygens (including phenoxy) is 2. The van der Waals surface area contributed by atoms with Crippen LogP contribution in [-0.4, -0.2) is 41.9 Å². The van der Waals surface area contributed by atoms with E-state index < -0.39 is 0 Å². The highest BCUT2D eigenvalue weighted by molar-refractivity contribution is 9.10. The second kappa shape index (κ2) is 6.00. The largest absolute Gasteiger partial charge is 0.347 e. The molecule has 1 spiro atoms. The van der Waals surface area contributed by atoms with Crippen LogP contribution in [0.25, 0.3) is 0 Å². The highest BCUT2D eigenvalue weighted by Gasteiger charge is 2.39. The molecule has 2 aliphatic rings. The number of hydrogen-bond acceptors (Lipinski definition) is 5. The van der Waals surface area contributed by atoms with Gasteiger partial charge in [-0.1, -0.05) is 15.9 Å². The molecule has 2 aliphatic heterocycles. The van der Waals surface area contributed by atoms with E-state index in [0.29, 0.717) is 13.2 Å². The number of piperidine rings is 1. The van der Waals surface area contributed by atoms with E-state index in [1.807, 2.05) is 6.07 Å². The topological polar surface area (TPSA) is 64.8 Å². The minimum atomic E-state index is -0.381. The number of benzene rings is 1. The Morgan fingerprint density at radius 3 is 2.52 bits per heavy atom. The molecule has 1 aromatic rings. The van der Waals surface area contributed by atoms with Crippen molar-refractivity contribution in [1.29, 1.82) is 0 Å². The number of halogens is 1. The van der Waals surface area contributed by atoms with E-state index in [0.717, 1.165) is 42.5 Å². The molecule has 0 radical (unpaired) electrons. The van der Waals surface area contributed by atoms with Gasteiger partial charge >= 0.3 is 0 Å². The Hall–Kier alpha value is -1.02. The second-order valence-electron chi connectivity index (χ2n) is 5.42. The predicted octanol–water partition coefficient (Wildman–Crippen LogP) is 2.70. The highest BCUT2D eigenvalue weighted by atomic mass is 79.9. The molecule has 7 heteroatoms. The third-order valence-electron chi connectivity index (χ3n) is 4.07. The minimum absolute atomic E-state index is 0.107. The summed E-state index contributed by atoms with van der Waals surface area (Å²) in [5.41, 5.74) is 1.17. The van der Waals surface area contributed by atoms with Gasteiger partial charge in [0, 0.05) is 49.1 Å². The Bertz CT molecular complexity index is 536. The van der Waals surface area contributed by atoms with Gasteiger partial charge in [0.25, 0.3) is 5.69 Å². The van der Waals surface area contributed by atoms with Crippen molar-refractivity contribution in [3.8, 4) is 0 Å². The maximum Gasteiger partial charge on any atom is 0.270 e. The van der Waals surface area contributed by atoms with E-state index in [9.17, 15) is 10.1 Å². The fourth-order valence-corrected chi connectivity index (χ4v) is 3.35. The van der Waals surface area contributed by atoms with Crippen LogP contribution in [0.3, 0.4) is 0 Å². The Morgan fingerprint density at radius 2 is 1.95 bits per heavy atom. The van der Waals surface area contributed by atoms with Gasteiger partial charge in [0.2, 0.25) is 0 Å². The average Bonchev–Trinajstić information content (AvgIpc) is 2.92. The number of nitro benzene ring substituents is 1. The van der Waals surface area contributed by atoms with Gasteiger partial charge in [-0.05, 0) is 11.6 Å². The first kappa shape index (κ1) is 14.9. The van der Waals surface area contributed by atoms with E-state index in [1.54, 1.807) is 12.1 Å². The van der Waals surface area contributed by atoms with Crippen molar-refractivity contribution in [3.05, 3.63) is 38.3 Å². The minimum Gasteiger partial charge on any atom is -0.347 e. The van der Waals surface area contributed by atoms with Gasteiger partial charge in [-0.15, -0.1) is 0 Å². The van der Waals surface area contributed by atoms with E-state index >= 15 is 0 Å². The average molecular weight is 357 g/mol. The summed E-state index contributed by atoms with van der Waals surface area (Å²) in [5, 5.41) is 10.7. The zero-order valence-electron chi connectivity index (χ0n) is 11.6. The lowest BCUT2D eigenvalue weighted by Gasteiger charge is -2.37. The molecule has 114 valence electrons. The molecule has 0 unspecified atom stereocenters. The fraction of sp³-hybridized carbons (Fsp3) is 0.571. The zero-order chi connectivity index (χ0) is 14.9. The first-order valence-corrected chi connectivity index (χ1v) is 7.80. The van der Waals surface area contributed by atoms with Crippen LogP contribution in [0.15, 0.2) is 22.7 Å². The molecular weight excluding hydrogens is 340 g/mol. The molecule has 2 heterocycles. The van der Waals surface area contributed by atoms with Crippen molar-refractivity contribution in [1.82, 2.24) is 4.90 Å². The van der Waals surface area contributed by atoms with E-state index in [4.69, 9.17) is 9.47 Å². The molecule has 0 bridgehead atoms. The number of hydrogen-bond donors (Lipinski definition) is 0. The van der Waals surface area contributed by atoms with Gasteiger partial charge in [-0.25, -0.2) is 0 Å². The van der Waals surface area contributed by atoms with Gasteiger partial charge in [-0.2, -0.15) is 0 Å². The summed E-state index contributed by atoms with van der Waals surface area (Å²) >= 11 is 3.42. The summed E-state index contributed by atoms with van der Waals surface area (Å²) in [6, 6.07) is 4.92. The van der Waals surface area contributed by atoms with Crippen LogP contribution in [-0.2, 0) is 16.0 Å². The van der Waals surface area contributed by atoms with Crippen LogP contribution in [0.4, 0.5) is 5.69 Å². The summed E-state index contributed by atoms with van der Waals surface area (Å²) in [7, 11) is 0. The molecule has 21 heavy (non-hydrogen) atoms. The van der Waals surface area contributed by atoms with Crippen LogP contribution in [0, 0.1) is 10.1 Å². The Kier molecular flexibility index (Phi) is 4.26. The molecule has 1 aromatic carbocycles. The SMILES string of the molecule is O=[N+]([O-])c1ccc(CN2CCC3(CC2)OCCO3)c(Br)c1. The quantitative estimate of drug-likeness (QED) is 0.615. The number of likely N-dealkylation sites (tertiary alicyclic amines) is 1. The number of non-ortho nitro benzene ring substituents is 1. The molecule has 0 saturated carbocycles. The monoisotopic (exact) mass is 356 g/mol. The molecule has 3 rings (SSSR count). The molecule has 6 nitrogen and oxygen atoms in total. The Balaban J connectivity index is 1.61. The first-order valence-electron chi connectivity index (χ1n) is 7.01. The van der Waals surface area contributed by atoms with Crippen LogP contribution in [0.5, 0.6) is 0 Å². The lowest BCUT2D eigenvalue weighted by atomic mass is 10.0. The molecule has 2 saturated heterocycles. The molecule has 2 fully saturated rings. The third kappa shape index (κ3) is 3.26. The van der Waals surface area contributed by atoms with Crippen molar-refractivity contribution in [2.24, 2.45) is 0 Å². The third-order valence-corrected chi connectivity index (χ3v) is 4.81. The van der Waals surface area contributed by atoms with Gasteiger partial charge in [0.15, 0.2) is 5.79 Å². The van der Waals surface area contributed by atoms with E-state index in [-0.39, 0.29) is 16.4 Å². The van der Waals surface area contributed by atoms with Gasteiger partial charge in [-0.3, -0.25) is 15.0 Å². The lowest BCUT2D eigenvalue weighted by molar-refractivity contribution is -0.384. The Labute approximate surface area is 131 Å². The summed E-state index contributed by atoms with van der Waals surface area (Å²) in [6.07, 6.45) is 1.75. The van der Waals surface area contributed by atoms with E-state index in [1.165, 1.54) is 0 Å². The van der Waals surface area contributed by atoms with Gasteiger partial charge < -0.3 is 9.47 Å². The van der Waals surface area contributed by atoms with Crippen molar-refractivity contribution < 1.29 is 14.4 Å². The molecule has 0 atom stereocenters. The summed E-state index contributed by atoms with van der Waals surface area (Å²) in [5.74, 6) is -0.358.